The summed E-state index contributed by atoms with van der Waals surface area (Å²) in [7, 11) is 1.52. The van der Waals surface area contributed by atoms with E-state index in [9.17, 15) is 9.59 Å². The van der Waals surface area contributed by atoms with E-state index in [0.717, 1.165) is 0 Å². The fourth-order valence-corrected chi connectivity index (χ4v) is 2.25. The van der Waals surface area contributed by atoms with Crippen LogP contribution in [0, 0.1) is 5.92 Å². The molecule has 0 aliphatic carbocycles. The zero-order chi connectivity index (χ0) is 19.7. The first-order chi connectivity index (χ1) is 12.3. The van der Waals surface area contributed by atoms with Crippen LogP contribution >= 0.6 is 11.6 Å². The molecule has 0 aromatic heterocycles. The molecule has 0 unspecified atom stereocenters. The van der Waals surface area contributed by atoms with E-state index in [2.05, 4.69) is 5.32 Å². The third kappa shape index (κ3) is 6.96. The van der Waals surface area contributed by atoms with Crippen molar-refractivity contribution in [3.05, 3.63) is 28.8 Å². The number of hydrogen-bond donors (Lipinski definition) is 1. The van der Waals surface area contributed by atoms with E-state index in [1.54, 1.807) is 19.1 Å². The Balaban J connectivity index is 2.83. The molecule has 0 saturated heterocycles. The fraction of sp³-hybridized carbons (Fsp3) is 0.474. The second-order valence-electron chi connectivity index (χ2n) is 6.05. The summed E-state index contributed by atoms with van der Waals surface area (Å²) >= 11 is 6.26. The summed E-state index contributed by atoms with van der Waals surface area (Å²) in [6.07, 6.45) is 1.90. The number of amides is 1. The summed E-state index contributed by atoms with van der Waals surface area (Å²) in [5.74, 6) is 0.316. The minimum Gasteiger partial charge on any atom is -0.493 e. The van der Waals surface area contributed by atoms with Crippen molar-refractivity contribution in [2.45, 2.75) is 33.8 Å². The monoisotopic (exact) mass is 383 g/mol. The number of halogens is 1. The van der Waals surface area contributed by atoms with Crippen molar-refractivity contribution < 1.29 is 23.8 Å². The van der Waals surface area contributed by atoms with Gasteiger partial charge in [-0.2, -0.15) is 0 Å². The highest BCUT2D eigenvalue weighted by Crippen LogP contribution is 2.37. The second kappa shape index (κ2) is 10.7. The lowest BCUT2D eigenvalue weighted by molar-refractivity contribution is -0.150. The van der Waals surface area contributed by atoms with Gasteiger partial charge >= 0.3 is 5.97 Å². The maximum atomic E-state index is 11.8. The first kappa shape index (κ1) is 21.8. The largest absolute Gasteiger partial charge is 0.493 e. The van der Waals surface area contributed by atoms with Gasteiger partial charge in [0.05, 0.1) is 18.7 Å². The maximum Gasteiger partial charge on any atom is 0.331 e. The van der Waals surface area contributed by atoms with Gasteiger partial charge in [0.2, 0.25) is 0 Å². The van der Waals surface area contributed by atoms with Crippen LogP contribution in [0.1, 0.15) is 33.3 Å². The first-order valence-corrected chi connectivity index (χ1v) is 8.83. The Kier molecular flexibility index (Phi) is 8.99. The number of esters is 1. The van der Waals surface area contributed by atoms with Gasteiger partial charge in [0.25, 0.3) is 5.91 Å². The molecule has 0 aliphatic heterocycles. The summed E-state index contributed by atoms with van der Waals surface area (Å²) in [6.45, 7) is 8.35. The summed E-state index contributed by atoms with van der Waals surface area (Å²) in [4.78, 5) is 23.4. The van der Waals surface area contributed by atoms with Gasteiger partial charge in [-0.05, 0) is 43.5 Å². The summed E-state index contributed by atoms with van der Waals surface area (Å²) in [5, 5.41) is 2.97. The van der Waals surface area contributed by atoms with Gasteiger partial charge in [0.15, 0.2) is 17.6 Å². The highest BCUT2D eigenvalue weighted by Gasteiger charge is 2.16. The van der Waals surface area contributed by atoms with Gasteiger partial charge in [-0.3, -0.25) is 4.79 Å². The molecule has 7 heteroatoms. The highest BCUT2D eigenvalue weighted by molar-refractivity contribution is 6.32. The molecule has 1 amide bonds. The van der Waals surface area contributed by atoms with E-state index < -0.39 is 12.1 Å². The van der Waals surface area contributed by atoms with Crippen molar-refractivity contribution in [1.82, 2.24) is 5.32 Å². The molecule has 6 nitrogen and oxygen atoms in total. The molecule has 1 rings (SSSR count). The lowest BCUT2D eigenvalue weighted by Gasteiger charge is -2.14. The van der Waals surface area contributed by atoms with Gasteiger partial charge in [-0.15, -0.1) is 0 Å². The van der Waals surface area contributed by atoms with Crippen LogP contribution in [0.25, 0.3) is 6.08 Å². The van der Waals surface area contributed by atoms with Crippen LogP contribution in [0.3, 0.4) is 0 Å². The minimum absolute atomic E-state index is 0.342. The molecule has 0 heterocycles. The Hall–Kier alpha value is -2.21. The van der Waals surface area contributed by atoms with Crippen molar-refractivity contribution in [2.24, 2.45) is 5.92 Å². The Bertz CT molecular complexity index is 658. The van der Waals surface area contributed by atoms with Crippen molar-refractivity contribution in [1.29, 1.82) is 0 Å². The fourth-order valence-electron chi connectivity index (χ4n) is 1.98. The predicted octanol–water partition coefficient (Wildman–Crippen LogP) is 3.46. The Morgan fingerprint density at radius 1 is 1.27 bits per heavy atom. The molecule has 1 N–H and O–H groups in total. The molecule has 0 spiro atoms. The molecule has 144 valence electrons. The molecule has 0 saturated carbocycles. The number of hydrogen-bond acceptors (Lipinski definition) is 5. The number of benzene rings is 1. The smallest absolute Gasteiger partial charge is 0.331 e. The molecular formula is C19H26ClNO5. The number of nitrogens with one attached hydrogen (secondary N) is 1. The molecule has 1 aromatic rings. The third-order valence-electron chi connectivity index (χ3n) is 3.24. The van der Waals surface area contributed by atoms with E-state index in [-0.39, 0.29) is 5.91 Å². The average molecular weight is 384 g/mol. The van der Waals surface area contributed by atoms with Gasteiger partial charge in [-0.25, -0.2) is 4.79 Å². The van der Waals surface area contributed by atoms with Crippen molar-refractivity contribution >= 4 is 29.6 Å². The van der Waals surface area contributed by atoms with Crippen LogP contribution in [-0.4, -0.2) is 38.2 Å². The summed E-state index contributed by atoms with van der Waals surface area (Å²) in [5.41, 5.74) is 0.645. The molecule has 0 aliphatic rings. The molecule has 1 aromatic carbocycles. The quantitative estimate of drug-likeness (QED) is 0.522. The molecule has 26 heavy (non-hydrogen) atoms. The van der Waals surface area contributed by atoms with Crippen LogP contribution in [0.2, 0.25) is 5.02 Å². The van der Waals surface area contributed by atoms with Gasteiger partial charge < -0.3 is 19.5 Å². The summed E-state index contributed by atoms with van der Waals surface area (Å²) < 4.78 is 16.0. The molecular weight excluding hydrogens is 358 g/mol. The van der Waals surface area contributed by atoms with E-state index in [4.69, 9.17) is 25.8 Å². The number of methoxy groups -OCH3 is 1. The normalized spacial score (nSPS) is 12.1. The van der Waals surface area contributed by atoms with Crippen molar-refractivity contribution in [3.63, 3.8) is 0 Å². The van der Waals surface area contributed by atoms with Crippen molar-refractivity contribution in [2.75, 3.05) is 20.3 Å². The second-order valence-corrected chi connectivity index (χ2v) is 6.45. The van der Waals surface area contributed by atoms with E-state index in [1.807, 2.05) is 13.8 Å². The van der Waals surface area contributed by atoms with Crippen LogP contribution < -0.4 is 14.8 Å². The lowest BCUT2D eigenvalue weighted by Crippen LogP contribution is -2.35. The van der Waals surface area contributed by atoms with E-state index in [1.165, 1.54) is 26.2 Å². The lowest BCUT2D eigenvalue weighted by atomic mass is 10.2. The minimum atomic E-state index is -0.864. The average Bonchev–Trinajstić information content (AvgIpc) is 2.58. The Morgan fingerprint density at radius 3 is 2.54 bits per heavy atom. The number of carbonyl (C=O) groups is 2. The topological polar surface area (TPSA) is 73.9 Å². The van der Waals surface area contributed by atoms with Gasteiger partial charge in [0.1, 0.15) is 0 Å². The van der Waals surface area contributed by atoms with Crippen molar-refractivity contribution in [3.8, 4) is 11.5 Å². The van der Waals surface area contributed by atoms with Crippen LogP contribution in [0.5, 0.6) is 11.5 Å². The molecule has 1 atom stereocenters. The van der Waals surface area contributed by atoms with Gasteiger partial charge in [0, 0.05) is 12.6 Å². The number of rotatable bonds is 9. The molecule has 0 bridgehead atoms. The molecule has 0 fully saturated rings. The third-order valence-corrected chi connectivity index (χ3v) is 3.52. The maximum absolute atomic E-state index is 11.8. The Labute approximate surface area is 159 Å². The van der Waals surface area contributed by atoms with Crippen LogP contribution in [-0.2, 0) is 14.3 Å². The first-order valence-electron chi connectivity index (χ1n) is 8.45. The highest BCUT2D eigenvalue weighted by atomic mass is 35.5. The Morgan fingerprint density at radius 2 is 1.96 bits per heavy atom. The van der Waals surface area contributed by atoms with Gasteiger partial charge in [-0.1, -0.05) is 25.4 Å². The standard InChI is InChI=1S/C19H26ClNO5/c1-6-21-19(23)13(4)26-17(22)8-7-14-9-15(20)18(16(10-14)24-5)25-11-12(2)3/h7-10,12-13H,6,11H2,1-5H3,(H,21,23)/b8-7+/t13-/m1/s1. The zero-order valence-electron chi connectivity index (χ0n) is 15.8. The van der Waals surface area contributed by atoms with E-state index in [0.29, 0.717) is 41.2 Å². The molecule has 0 radical (unpaired) electrons. The summed E-state index contributed by atoms with van der Waals surface area (Å²) in [6, 6.07) is 3.37. The van der Waals surface area contributed by atoms with E-state index >= 15 is 0 Å². The number of carbonyl (C=O) groups excluding carboxylic acids is 2. The zero-order valence-corrected chi connectivity index (χ0v) is 16.6. The SMILES string of the molecule is CCNC(=O)[C@@H](C)OC(=O)/C=C/c1cc(Cl)c(OCC(C)C)c(OC)c1. The van der Waals surface area contributed by atoms with Crippen LogP contribution in [0.15, 0.2) is 18.2 Å². The van der Waals surface area contributed by atoms with Crippen LogP contribution in [0.4, 0.5) is 0 Å². The number of likely N-dealkylation sites (N-methyl/N-ethyl adjacent to an activating group) is 1. The number of ether oxygens (including phenoxy) is 3. The predicted molar refractivity (Wildman–Crippen MR) is 102 cm³/mol.